The van der Waals surface area contributed by atoms with Gasteiger partial charge >= 0.3 is 0 Å². The van der Waals surface area contributed by atoms with E-state index in [0.29, 0.717) is 11.8 Å². The SMILES string of the molecule is CNC(=O)CN(C)C(=O)CN[C@H](c1ccc(C(C)C)cc1)C(C)C. The molecule has 0 unspecified atom stereocenters. The Balaban J connectivity index is 2.69. The first-order valence-corrected chi connectivity index (χ1v) is 8.54. The fourth-order valence-corrected chi connectivity index (χ4v) is 2.54. The minimum Gasteiger partial charge on any atom is -0.358 e. The molecule has 0 bridgehead atoms. The van der Waals surface area contributed by atoms with Gasteiger partial charge in [0.1, 0.15) is 0 Å². The molecular formula is C19H31N3O2. The molecular weight excluding hydrogens is 302 g/mol. The molecule has 0 radical (unpaired) electrons. The smallest absolute Gasteiger partial charge is 0.239 e. The Morgan fingerprint density at radius 3 is 2.04 bits per heavy atom. The zero-order chi connectivity index (χ0) is 18.3. The van der Waals surface area contributed by atoms with Crippen LogP contribution in [0.1, 0.15) is 50.8 Å². The third kappa shape index (κ3) is 5.96. The zero-order valence-electron chi connectivity index (χ0n) is 15.7. The Hall–Kier alpha value is -1.88. The van der Waals surface area contributed by atoms with Crippen LogP contribution in [0.15, 0.2) is 24.3 Å². The van der Waals surface area contributed by atoms with Gasteiger partial charge in [0.15, 0.2) is 0 Å². The van der Waals surface area contributed by atoms with Crippen molar-refractivity contribution in [2.24, 2.45) is 5.92 Å². The van der Waals surface area contributed by atoms with E-state index in [0.717, 1.165) is 0 Å². The highest BCUT2D eigenvalue weighted by Gasteiger charge is 2.18. The molecule has 1 rings (SSSR count). The number of rotatable bonds is 8. The molecule has 1 aromatic carbocycles. The predicted molar refractivity (Wildman–Crippen MR) is 97.8 cm³/mol. The molecule has 0 aromatic heterocycles. The van der Waals surface area contributed by atoms with Crippen molar-refractivity contribution < 1.29 is 9.59 Å². The summed E-state index contributed by atoms with van der Waals surface area (Å²) < 4.78 is 0. The van der Waals surface area contributed by atoms with Crippen molar-refractivity contribution in [1.29, 1.82) is 0 Å². The number of carbonyl (C=O) groups is 2. The quantitative estimate of drug-likeness (QED) is 0.767. The summed E-state index contributed by atoms with van der Waals surface area (Å²) in [5.41, 5.74) is 2.48. The molecule has 2 amide bonds. The molecule has 0 spiro atoms. The van der Waals surface area contributed by atoms with E-state index in [-0.39, 0.29) is 30.9 Å². The summed E-state index contributed by atoms with van der Waals surface area (Å²) in [6.45, 7) is 8.90. The van der Waals surface area contributed by atoms with E-state index in [9.17, 15) is 9.59 Å². The van der Waals surface area contributed by atoms with Crippen LogP contribution in [0.3, 0.4) is 0 Å². The Kier molecular flexibility index (Phi) is 7.92. The van der Waals surface area contributed by atoms with Gasteiger partial charge in [0.25, 0.3) is 0 Å². The van der Waals surface area contributed by atoms with Gasteiger partial charge in [0.2, 0.25) is 11.8 Å². The Labute approximate surface area is 145 Å². The van der Waals surface area contributed by atoms with Gasteiger partial charge in [-0.25, -0.2) is 0 Å². The number of amides is 2. The van der Waals surface area contributed by atoms with Crippen LogP contribution in [0.5, 0.6) is 0 Å². The van der Waals surface area contributed by atoms with Crippen LogP contribution in [-0.2, 0) is 9.59 Å². The van der Waals surface area contributed by atoms with Gasteiger partial charge in [-0.1, -0.05) is 52.0 Å². The van der Waals surface area contributed by atoms with Crippen molar-refractivity contribution in [2.45, 2.75) is 39.7 Å². The van der Waals surface area contributed by atoms with Crippen LogP contribution >= 0.6 is 0 Å². The van der Waals surface area contributed by atoms with E-state index >= 15 is 0 Å². The lowest BCUT2D eigenvalue weighted by Crippen LogP contribution is -2.42. The summed E-state index contributed by atoms with van der Waals surface area (Å²) in [7, 11) is 3.20. The summed E-state index contributed by atoms with van der Waals surface area (Å²) >= 11 is 0. The van der Waals surface area contributed by atoms with Crippen molar-refractivity contribution in [3.8, 4) is 0 Å². The van der Waals surface area contributed by atoms with Gasteiger partial charge < -0.3 is 15.5 Å². The highest BCUT2D eigenvalue weighted by Crippen LogP contribution is 2.23. The average Bonchev–Trinajstić information content (AvgIpc) is 2.54. The van der Waals surface area contributed by atoms with Crippen LogP contribution in [-0.4, -0.2) is 43.9 Å². The van der Waals surface area contributed by atoms with Gasteiger partial charge in [-0.3, -0.25) is 9.59 Å². The third-order valence-corrected chi connectivity index (χ3v) is 4.19. The fraction of sp³-hybridized carbons (Fsp3) is 0.579. The second-order valence-electron chi connectivity index (χ2n) is 6.85. The summed E-state index contributed by atoms with van der Waals surface area (Å²) in [4.78, 5) is 25.0. The van der Waals surface area contributed by atoms with Gasteiger partial charge in [-0.2, -0.15) is 0 Å². The van der Waals surface area contributed by atoms with Gasteiger partial charge in [0, 0.05) is 20.1 Å². The van der Waals surface area contributed by atoms with E-state index in [2.05, 4.69) is 62.6 Å². The Morgan fingerprint density at radius 2 is 1.58 bits per heavy atom. The van der Waals surface area contributed by atoms with Crippen LogP contribution in [0.25, 0.3) is 0 Å². The highest BCUT2D eigenvalue weighted by atomic mass is 16.2. The van der Waals surface area contributed by atoms with Crippen LogP contribution < -0.4 is 10.6 Å². The van der Waals surface area contributed by atoms with Crippen LogP contribution in [0, 0.1) is 5.92 Å². The number of nitrogens with zero attached hydrogens (tertiary/aromatic N) is 1. The first kappa shape index (κ1) is 20.2. The normalized spacial score (nSPS) is 12.3. The minimum atomic E-state index is -0.171. The summed E-state index contributed by atoms with van der Waals surface area (Å²) in [5, 5.41) is 5.85. The standard InChI is InChI=1S/C19H31N3O2/c1-13(2)15-7-9-16(10-8-15)19(14(3)4)21-11-18(24)22(6)12-17(23)20-5/h7-10,13-14,19,21H,11-12H2,1-6H3,(H,20,23)/t19-/m0/s1. The van der Waals surface area contributed by atoms with E-state index in [1.807, 2.05) is 0 Å². The monoisotopic (exact) mass is 333 g/mol. The number of carbonyl (C=O) groups excluding carboxylic acids is 2. The third-order valence-electron chi connectivity index (χ3n) is 4.19. The van der Waals surface area contributed by atoms with Gasteiger partial charge in [-0.05, 0) is 23.0 Å². The van der Waals surface area contributed by atoms with E-state index in [4.69, 9.17) is 0 Å². The lowest BCUT2D eigenvalue weighted by atomic mass is 9.93. The topological polar surface area (TPSA) is 61.4 Å². The first-order valence-electron chi connectivity index (χ1n) is 8.54. The first-order chi connectivity index (χ1) is 11.3. The lowest BCUT2D eigenvalue weighted by molar-refractivity contribution is -0.134. The summed E-state index contributed by atoms with van der Waals surface area (Å²) in [6, 6.07) is 8.66. The fourth-order valence-electron chi connectivity index (χ4n) is 2.54. The van der Waals surface area contributed by atoms with E-state index in [1.165, 1.54) is 16.0 Å². The maximum Gasteiger partial charge on any atom is 0.239 e. The van der Waals surface area contributed by atoms with Crippen molar-refractivity contribution in [1.82, 2.24) is 15.5 Å². The van der Waals surface area contributed by atoms with Crippen molar-refractivity contribution in [3.05, 3.63) is 35.4 Å². The number of hydrogen-bond acceptors (Lipinski definition) is 3. The second-order valence-corrected chi connectivity index (χ2v) is 6.85. The summed E-state index contributed by atoms with van der Waals surface area (Å²) in [6.07, 6.45) is 0. The average molecular weight is 333 g/mol. The molecule has 0 saturated heterocycles. The molecule has 0 aliphatic carbocycles. The number of hydrogen-bond donors (Lipinski definition) is 2. The minimum absolute atomic E-state index is 0.0758. The van der Waals surface area contributed by atoms with Crippen molar-refractivity contribution in [3.63, 3.8) is 0 Å². The number of likely N-dealkylation sites (N-methyl/N-ethyl adjacent to an activating group) is 2. The maximum atomic E-state index is 12.2. The second kappa shape index (κ2) is 9.42. The van der Waals surface area contributed by atoms with Crippen LogP contribution in [0.2, 0.25) is 0 Å². The van der Waals surface area contributed by atoms with Crippen molar-refractivity contribution in [2.75, 3.05) is 27.2 Å². The molecule has 0 aliphatic heterocycles. The molecule has 0 saturated carbocycles. The predicted octanol–water partition coefficient (Wildman–Crippen LogP) is 2.30. The Bertz CT molecular complexity index is 538. The molecule has 1 atom stereocenters. The molecule has 24 heavy (non-hydrogen) atoms. The Morgan fingerprint density at radius 1 is 1.04 bits per heavy atom. The molecule has 134 valence electrons. The maximum absolute atomic E-state index is 12.2. The molecule has 5 nitrogen and oxygen atoms in total. The molecule has 0 aliphatic rings. The largest absolute Gasteiger partial charge is 0.358 e. The molecule has 0 fully saturated rings. The number of benzene rings is 1. The molecule has 0 heterocycles. The highest BCUT2D eigenvalue weighted by molar-refractivity contribution is 5.85. The molecule has 1 aromatic rings. The van der Waals surface area contributed by atoms with Gasteiger partial charge in [0.05, 0.1) is 13.1 Å². The van der Waals surface area contributed by atoms with Crippen molar-refractivity contribution >= 4 is 11.8 Å². The molecule has 2 N–H and O–H groups in total. The van der Waals surface area contributed by atoms with E-state index < -0.39 is 0 Å². The van der Waals surface area contributed by atoms with E-state index in [1.54, 1.807) is 14.1 Å². The lowest BCUT2D eigenvalue weighted by Gasteiger charge is -2.25. The number of nitrogens with one attached hydrogen (secondary N) is 2. The van der Waals surface area contributed by atoms with Crippen LogP contribution in [0.4, 0.5) is 0 Å². The molecule has 5 heteroatoms. The summed E-state index contributed by atoms with van der Waals surface area (Å²) in [5.74, 6) is 0.593. The zero-order valence-corrected chi connectivity index (χ0v) is 15.7. The van der Waals surface area contributed by atoms with Gasteiger partial charge in [-0.15, -0.1) is 0 Å².